The zero-order chi connectivity index (χ0) is 42.8. The summed E-state index contributed by atoms with van der Waals surface area (Å²) >= 11 is 1.73. The summed E-state index contributed by atoms with van der Waals surface area (Å²) in [5.74, 6) is -2.29. The van der Waals surface area contributed by atoms with Crippen molar-refractivity contribution in [1.29, 1.82) is 0 Å². The lowest BCUT2D eigenvalue weighted by Crippen LogP contribution is -2.43. The molecule has 8 rings (SSSR count). The van der Waals surface area contributed by atoms with Gasteiger partial charge in [-0.3, -0.25) is 19.0 Å². The third-order valence-electron chi connectivity index (χ3n) is 10.0. The van der Waals surface area contributed by atoms with Crippen LogP contribution in [0.5, 0.6) is 0 Å². The molecule has 0 bridgehead atoms. The number of hydrogen-bond donors (Lipinski definition) is 1. The number of carbonyl (C=O) groups excluding carboxylic acids is 3. The number of aromatic amines is 1. The molecule has 3 heterocycles. The quantitative estimate of drug-likeness (QED) is 0.0642. The van der Waals surface area contributed by atoms with Crippen LogP contribution in [0.2, 0.25) is 0 Å². The van der Waals surface area contributed by atoms with E-state index in [0.29, 0.717) is 13.0 Å². The van der Waals surface area contributed by atoms with Gasteiger partial charge in [0.25, 0.3) is 5.56 Å². The van der Waals surface area contributed by atoms with Gasteiger partial charge in [0.2, 0.25) is 0 Å². The fourth-order valence-corrected chi connectivity index (χ4v) is 8.10. The lowest BCUT2D eigenvalue weighted by Gasteiger charge is -2.25. The molecule has 0 radical (unpaired) electrons. The van der Waals surface area contributed by atoms with E-state index in [2.05, 4.69) is 39.6 Å². The van der Waals surface area contributed by atoms with Crippen molar-refractivity contribution in [2.24, 2.45) is 0 Å². The van der Waals surface area contributed by atoms with Crippen molar-refractivity contribution in [1.82, 2.24) is 24.5 Å². The fraction of sp³-hybridized carbons (Fsp3) is 0.170. The zero-order valence-corrected chi connectivity index (χ0v) is 33.8. The number of esters is 3. The Hall–Kier alpha value is -7.36. The molecule has 14 nitrogen and oxygen atoms in total. The molecular formula is C47H39N5O9S. The molecule has 312 valence electrons. The summed E-state index contributed by atoms with van der Waals surface area (Å²) in [5.41, 5.74) is 0.195. The van der Waals surface area contributed by atoms with E-state index in [0.717, 1.165) is 15.0 Å². The average molecular weight is 850 g/mol. The Labute approximate surface area is 359 Å². The number of H-pyrrole nitrogens is 1. The Morgan fingerprint density at radius 1 is 0.677 bits per heavy atom. The number of ether oxygens (including phenoxy) is 4. The van der Waals surface area contributed by atoms with Crippen LogP contribution in [0, 0.1) is 0 Å². The number of nitrogens with one attached hydrogen (secondary N) is 1. The average Bonchev–Trinajstić information content (AvgIpc) is 3.92. The van der Waals surface area contributed by atoms with E-state index in [1.165, 1.54) is 18.3 Å². The summed E-state index contributed by atoms with van der Waals surface area (Å²) in [6, 6.07) is 44.7. The Bertz CT molecular complexity index is 2730. The van der Waals surface area contributed by atoms with Gasteiger partial charge in [0.1, 0.15) is 18.4 Å². The normalized spacial score (nSPS) is 17.5. The molecule has 5 unspecified atom stereocenters. The lowest BCUT2D eigenvalue weighted by atomic mass is 10.1. The van der Waals surface area contributed by atoms with Crippen LogP contribution < -0.4 is 11.2 Å². The third-order valence-corrected chi connectivity index (χ3v) is 11.4. The van der Waals surface area contributed by atoms with E-state index in [-0.39, 0.29) is 33.2 Å². The monoisotopic (exact) mass is 849 g/mol. The molecule has 7 aromatic rings. The second-order valence-corrected chi connectivity index (χ2v) is 15.5. The molecule has 0 spiro atoms. The van der Waals surface area contributed by atoms with Crippen molar-refractivity contribution in [3.05, 3.63) is 207 Å². The predicted octanol–water partition coefficient (Wildman–Crippen LogP) is 6.92. The highest BCUT2D eigenvalue weighted by molar-refractivity contribution is 7.99. The van der Waals surface area contributed by atoms with E-state index in [1.807, 2.05) is 36.4 Å². The van der Waals surface area contributed by atoms with Gasteiger partial charge in [0, 0.05) is 22.9 Å². The predicted molar refractivity (Wildman–Crippen MR) is 228 cm³/mol. The van der Waals surface area contributed by atoms with Crippen molar-refractivity contribution >= 4 is 29.7 Å². The number of aryl methyl sites for hydroxylation is 1. The molecule has 5 aromatic carbocycles. The molecular weight excluding hydrogens is 811 g/mol. The van der Waals surface area contributed by atoms with Gasteiger partial charge in [-0.15, -0.1) is 16.9 Å². The molecule has 0 aliphatic carbocycles. The molecule has 1 fully saturated rings. The van der Waals surface area contributed by atoms with E-state index >= 15 is 0 Å². The van der Waals surface area contributed by atoms with Crippen LogP contribution >= 0.6 is 11.8 Å². The first-order valence-corrected chi connectivity index (χ1v) is 20.6. The Kier molecular flexibility index (Phi) is 12.9. The molecule has 0 saturated carbocycles. The largest absolute Gasteiger partial charge is 0.459 e. The van der Waals surface area contributed by atoms with Crippen LogP contribution in [-0.2, 0) is 25.5 Å². The maximum Gasteiger partial charge on any atom is 0.338 e. The van der Waals surface area contributed by atoms with Crippen LogP contribution in [0.4, 0.5) is 0 Å². The van der Waals surface area contributed by atoms with E-state index in [4.69, 9.17) is 18.9 Å². The van der Waals surface area contributed by atoms with Crippen molar-refractivity contribution < 1.29 is 33.3 Å². The van der Waals surface area contributed by atoms with Gasteiger partial charge in [0.15, 0.2) is 18.4 Å². The van der Waals surface area contributed by atoms with Crippen LogP contribution in [0.15, 0.2) is 179 Å². The minimum absolute atomic E-state index is 0.0392. The molecule has 1 saturated heterocycles. The Balaban J connectivity index is 1.11. The molecule has 15 heteroatoms. The minimum Gasteiger partial charge on any atom is -0.459 e. The van der Waals surface area contributed by atoms with Gasteiger partial charge in [-0.1, -0.05) is 108 Å². The number of benzene rings is 5. The summed E-state index contributed by atoms with van der Waals surface area (Å²) in [6.45, 7) is -0.0206. The third kappa shape index (κ3) is 9.81. The SMILES string of the molecule is O=C(OCC1OC(n2cc(-c3cn(CCC(Sc4ccccc4)c4ccccc4)nn3)c(=O)[nH]c2=O)C(OC(=O)c2ccccc2)C1OC(=O)c1ccccc1)c1ccccc1. The van der Waals surface area contributed by atoms with Crippen LogP contribution in [0.3, 0.4) is 0 Å². The number of rotatable bonds is 15. The fourth-order valence-electron chi connectivity index (χ4n) is 6.94. The summed E-state index contributed by atoms with van der Waals surface area (Å²) < 4.78 is 26.7. The van der Waals surface area contributed by atoms with Gasteiger partial charge in [-0.05, 0) is 60.5 Å². The second-order valence-electron chi connectivity index (χ2n) is 14.2. The summed E-state index contributed by atoms with van der Waals surface area (Å²) in [7, 11) is 0. The number of aromatic nitrogens is 5. The smallest absolute Gasteiger partial charge is 0.338 e. The van der Waals surface area contributed by atoms with Crippen LogP contribution in [0.1, 0.15) is 54.5 Å². The second kappa shape index (κ2) is 19.4. The highest BCUT2D eigenvalue weighted by Gasteiger charge is 2.52. The Morgan fingerprint density at radius 3 is 1.81 bits per heavy atom. The molecule has 1 N–H and O–H groups in total. The molecule has 2 aromatic heterocycles. The molecule has 62 heavy (non-hydrogen) atoms. The standard InChI is InChI=1S/C47H39N5O9S/c53-42-36(37-29-51(50-49-37)27-26-39(31-16-6-1-7-17-31)62-35-24-14-5-15-25-35)28-52(47(57)48-42)43-41(61-46(56)34-22-12-4-13-23-34)40(60-45(55)33-20-10-3-11-21-33)38(59-43)30-58-44(54)32-18-8-2-9-19-32/h1-25,28-29,38-41,43H,26-27,30H2,(H,48,53,57). The van der Waals surface area contributed by atoms with Gasteiger partial charge in [-0.25, -0.2) is 19.2 Å². The van der Waals surface area contributed by atoms with Crippen molar-refractivity contribution in [2.75, 3.05) is 6.61 Å². The van der Waals surface area contributed by atoms with E-state index in [9.17, 15) is 24.0 Å². The number of carbonyl (C=O) groups is 3. The van der Waals surface area contributed by atoms with Gasteiger partial charge in [0.05, 0.1) is 28.5 Å². The number of hydrogen-bond acceptors (Lipinski definition) is 12. The first-order chi connectivity index (χ1) is 30.3. The summed E-state index contributed by atoms with van der Waals surface area (Å²) in [5, 5.41) is 8.67. The number of nitrogens with zero attached hydrogens (tertiary/aromatic N) is 4. The highest BCUT2D eigenvalue weighted by Crippen LogP contribution is 2.38. The summed E-state index contributed by atoms with van der Waals surface area (Å²) in [6.07, 6.45) is -2.17. The topological polar surface area (TPSA) is 174 Å². The lowest BCUT2D eigenvalue weighted by molar-refractivity contribution is -0.0639. The minimum atomic E-state index is -1.50. The molecule has 5 atom stereocenters. The Morgan fingerprint density at radius 2 is 1.21 bits per heavy atom. The van der Waals surface area contributed by atoms with Crippen molar-refractivity contribution in [3.8, 4) is 11.3 Å². The van der Waals surface area contributed by atoms with E-state index in [1.54, 1.807) is 102 Å². The molecule has 0 amide bonds. The summed E-state index contributed by atoms with van der Waals surface area (Å²) in [4.78, 5) is 71.0. The van der Waals surface area contributed by atoms with Crippen molar-refractivity contribution in [3.63, 3.8) is 0 Å². The molecule has 1 aliphatic rings. The maximum absolute atomic E-state index is 13.7. The van der Waals surface area contributed by atoms with Crippen molar-refractivity contribution in [2.45, 2.75) is 47.7 Å². The molecule has 1 aliphatic heterocycles. The zero-order valence-electron chi connectivity index (χ0n) is 33.0. The maximum atomic E-state index is 13.7. The van der Waals surface area contributed by atoms with Gasteiger partial charge in [-0.2, -0.15) is 0 Å². The first kappa shape index (κ1) is 41.4. The van der Waals surface area contributed by atoms with Crippen LogP contribution in [0.25, 0.3) is 11.3 Å². The van der Waals surface area contributed by atoms with E-state index < -0.39 is 60.3 Å². The van der Waals surface area contributed by atoms with Crippen LogP contribution in [-0.4, -0.2) is 67.4 Å². The van der Waals surface area contributed by atoms with Gasteiger partial charge >= 0.3 is 23.6 Å². The highest BCUT2D eigenvalue weighted by atomic mass is 32.2. The number of thioether (sulfide) groups is 1. The van der Waals surface area contributed by atoms with Gasteiger partial charge < -0.3 is 18.9 Å². The first-order valence-electron chi connectivity index (χ1n) is 19.7.